The van der Waals surface area contributed by atoms with Crippen LogP contribution in [0.15, 0.2) is 42.5 Å². The van der Waals surface area contributed by atoms with Gasteiger partial charge in [-0.25, -0.2) is 13.2 Å². The van der Waals surface area contributed by atoms with Crippen molar-refractivity contribution in [2.75, 3.05) is 13.6 Å². The number of nitrogens with zero attached hydrogens (tertiary/aromatic N) is 1. The highest BCUT2D eigenvalue weighted by Gasteiger charge is 2.21. The predicted octanol–water partition coefficient (Wildman–Crippen LogP) is 3.24. The van der Waals surface area contributed by atoms with Crippen LogP contribution < -0.4 is 5.73 Å². The van der Waals surface area contributed by atoms with Gasteiger partial charge in [0.05, 0.1) is 6.04 Å². The molecule has 0 saturated heterocycles. The molecule has 2 rings (SSSR count). The summed E-state index contributed by atoms with van der Waals surface area (Å²) in [6.07, 6.45) is 0. The summed E-state index contributed by atoms with van der Waals surface area (Å²) in [5.74, 6) is -2.12. The average molecular weight is 294 g/mol. The molecule has 0 saturated carbocycles. The summed E-state index contributed by atoms with van der Waals surface area (Å²) in [5.41, 5.74) is 6.65. The molecule has 0 spiro atoms. The van der Waals surface area contributed by atoms with Crippen LogP contribution in [0.2, 0.25) is 0 Å². The SMILES string of the molecule is CN(Cc1cccc(F)c1)C(CN)c1cccc(F)c1F. The summed E-state index contributed by atoms with van der Waals surface area (Å²) >= 11 is 0. The Morgan fingerprint density at radius 1 is 1.10 bits per heavy atom. The highest BCUT2D eigenvalue weighted by Crippen LogP contribution is 2.24. The van der Waals surface area contributed by atoms with E-state index in [1.54, 1.807) is 24.1 Å². The van der Waals surface area contributed by atoms with Gasteiger partial charge in [0.15, 0.2) is 11.6 Å². The Labute approximate surface area is 122 Å². The van der Waals surface area contributed by atoms with Crippen LogP contribution in [0.3, 0.4) is 0 Å². The van der Waals surface area contributed by atoms with Crippen molar-refractivity contribution in [3.63, 3.8) is 0 Å². The molecular formula is C16H17F3N2. The lowest BCUT2D eigenvalue weighted by atomic mass is 10.0. The molecule has 0 aliphatic heterocycles. The van der Waals surface area contributed by atoms with E-state index in [4.69, 9.17) is 5.73 Å². The molecule has 0 radical (unpaired) electrons. The lowest BCUT2D eigenvalue weighted by Gasteiger charge is -2.27. The molecule has 1 unspecified atom stereocenters. The zero-order valence-corrected chi connectivity index (χ0v) is 11.7. The Bertz CT molecular complexity index is 616. The van der Waals surface area contributed by atoms with Crippen LogP contribution in [-0.4, -0.2) is 18.5 Å². The fraction of sp³-hybridized carbons (Fsp3) is 0.250. The Balaban J connectivity index is 2.22. The maximum atomic E-state index is 13.9. The van der Waals surface area contributed by atoms with Crippen molar-refractivity contribution in [2.45, 2.75) is 12.6 Å². The van der Waals surface area contributed by atoms with Crippen molar-refractivity contribution < 1.29 is 13.2 Å². The number of halogens is 3. The number of likely N-dealkylation sites (N-methyl/N-ethyl adjacent to an activating group) is 1. The van der Waals surface area contributed by atoms with Crippen LogP contribution in [0.5, 0.6) is 0 Å². The van der Waals surface area contributed by atoms with E-state index in [0.29, 0.717) is 6.54 Å². The van der Waals surface area contributed by atoms with Crippen molar-refractivity contribution in [2.24, 2.45) is 5.73 Å². The van der Waals surface area contributed by atoms with Crippen LogP contribution in [0, 0.1) is 17.5 Å². The molecule has 0 bridgehead atoms. The first-order valence-electron chi connectivity index (χ1n) is 6.61. The maximum absolute atomic E-state index is 13.9. The van der Waals surface area contributed by atoms with Crippen LogP contribution >= 0.6 is 0 Å². The standard InChI is InChI=1S/C16H17F3N2/c1-21(10-11-4-2-5-12(17)8-11)15(9-20)13-6-3-7-14(18)16(13)19/h2-8,15H,9-10,20H2,1H3. The molecule has 0 aliphatic carbocycles. The zero-order chi connectivity index (χ0) is 15.4. The molecule has 112 valence electrons. The Morgan fingerprint density at radius 2 is 1.81 bits per heavy atom. The second-order valence-electron chi connectivity index (χ2n) is 4.94. The second-order valence-corrected chi connectivity index (χ2v) is 4.94. The highest BCUT2D eigenvalue weighted by atomic mass is 19.2. The maximum Gasteiger partial charge on any atom is 0.163 e. The molecule has 0 heterocycles. The monoisotopic (exact) mass is 294 g/mol. The van der Waals surface area contributed by atoms with E-state index >= 15 is 0 Å². The molecule has 2 N–H and O–H groups in total. The van der Waals surface area contributed by atoms with Gasteiger partial charge in [0.1, 0.15) is 5.82 Å². The van der Waals surface area contributed by atoms with Crippen molar-refractivity contribution in [3.05, 3.63) is 71.0 Å². The lowest BCUT2D eigenvalue weighted by molar-refractivity contribution is 0.235. The zero-order valence-electron chi connectivity index (χ0n) is 11.7. The van der Waals surface area contributed by atoms with Crippen molar-refractivity contribution in [1.29, 1.82) is 0 Å². The van der Waals surface area contributed by atoms with Gasteiger partial charge >= 0.3 is 0 Å². The first kappa shape index (κ1) is 15.5. The predicted molar refractivity (Wildman–Crippen MR) is 76.0 cm³/mol. The molecule has 0 amide bonds. The summed E-state index contributed by atoms with van der Waals surface area (Å²) in [6.45, 7) is 0.516. The molecule has 2 aromatic rings. The second kappa shape index (κ2) is 6.74. The van der Waals surface area contributed by atoms with Crippen molar-refractivity contribution >= 4 is 0 Å². The third-order valence-electron chi connectivity index (χ3n) is 3.42. The van der Waals surface area contributed by atoms with Gasteiger partial charge in [-0.2, -0.15) is 0 Å². The van der Waals surface area contributed by atoms with Crippen LogP contribution in [0.1, 0.15) is 17.2 Å². The van der Waals surface area contributed by atoms with Gasteiger partial charge in [0, 0.05) is 18.7 Å². The number of rotatable bonds is 5. The molecule has 0 aromatic heterocycles. The summed E-state index contributed by atoms with van der Waals surface area (Å²) in [5, 5.41) is 0. The molecule has 21 heavy (non-hydrogen) atoms. The van der Waals surface area contributed by atoms with Crippen LogP contribution in [-0.2, 0) is 6.54 Å². The van der Waals surface area contributed by atoms with E-state index in [-0.39, 0.29) is 17.9 Å². The van der Waals surface area contributed by atoms with E-state index in [9.17, 15) is 13.2 Å². The van der Waals surface area contributed by atoms with E-state index < -0.39 is 17.7 Å². The fourth-order valence-corrected chi connectivity index (χ4v) is 2.36. The summed E-state index contributed by atoms with van der Waals surface area (Å²) < 4.78 is 40.4. The van der Waals surface area contributed by atoms with Gasteiger partial charge in [0.25, 0.3) is 0 Å². The molecule has 0 aliphatic rings. The van der Waals surface area contributed by atoms with Gasteiger partial charge in [0.2, 0.25) is 0 Å². The minimum absolute atomic E-state index is 0.131. The smallest absolute Gasteiger partial charge is 0.163 e. The normalized spacial score (nSPS) is 12.7. The third kappa shape index (κ3) is 3.62. The van der Waals surface area contributed by atoms with E-state index in [1.165, 1.54) is 24.3 Å². The number of hydrogen-bond donors (Lipinski definition) is 1. The van der Waals surface area contributed by atoms with Gasteiger partial charge in [-0.1, -0.05) is 24.3 Å². The van der Waals surface area contributed by atoms with Gasteiger partial charge in [-0.15, -0.1) is 0 Å². The van der Waals surface area contributed by atoms with E-state index in [2.05, 4.69) is 0 Å². The number of nitrogens with two attached hydrogens (primary N) is 1. The first-order valence-corrected chi connectivity index (χ1v) is 6.61. The number of benzene rings is 2. The Kier molecular flexibility index (Phi) is 4.98. The largest absolute Gasteiger partial charge is 0.329 e. The Hall–Kier alpha value is -1.85. The minimum Gasteiger partial charge on any atom is -0.329 e. The number of hydrogen-bond acceptors (Lipinski definition) is 2. The van der Waals surface area contributed by atoms with Crippen molar-refractivity contribution in [1.82, 2.24) is 4.90 Å². The van der Waals surface area contributed by atoms with Gasteiger partial charge in [-0.3, -0.25) is 4.90 Å². The molecule has 2 aromatic carbocycles. The molecule has 2 nitrogen and oxygen atoms in total. The molecule has 1 atom stereocenters. The minimum atomic E-state index is -0.898. The highest BCUT2D eigenvalue weighted by molar-refractivity contribution is 5.24. The molecule has 0 fully saturated rings. The first-order chi connectivity index (χ1) is 10.0. The van der Waals surface area contributed by atoms with E-state index in [0.717, 1.165) is 11.6 Å². The Morgan fingerprint density at radius 3 is 2.48 bits per heavy atom. The topological polar surface area (TPSA) is 29.3 Å². The summed E-state index contributed by atoms with van der Waals surface area (Å²) in [4.78, 5) is 1.77. The van der Waals surface area contributed by atoms with Crippen LogP contribution in [0.4, 0.5) is 13.2 Å². The van der Waals surface area contributed by atoms with Gasteiger partial charge < -0.3 is 5.73 Å². The molecule has 5 heteroatoms. The van der Waals surface area contributed by atoms with E-state index in [1.807, 2.05) is 0 Å². The average Bonchev–Trinajstić information content (AvgIpc) is 2.44. The summed E-state index contributed by atoms with van der Waals surface area (Å²) in [7, 11) is 1.74. The van der Waals surface area contributed by atoms with Gasteiger partial charge in [-0.05, 0) is 30.8 Å². The summed E-state index contributed by atoms with van der Waals surface area (Å²) in [6, 6.07) is 9.70. The molecular weight excluding hydrogens is 277 g/mol. The third-order valence-corrected chi connectivity index (χ3v) is 3.42. The fourth-order valence-electron chi connectivity index (χ4n) is 2.36. The lowest BCUT2D eigenvalue weighted by Crippen LogP contribution is -2.31. The van der Waals surface area contributed by atoms with Crippen LogP contribution in [0.25, 0.3) is 0 Å². The quantitative estimate of drug-likeness (QED) is 0.917. The van der Waals surface area contributed by atoms with Crippen molar-refractivity contribution in [3.8, 4) is 0 Å².